The van der Waals surface area contributed by atoms with Crippen LogP contribution in [0.4, 0.5) is 5.69 Å². The maximum atomic E-state index is 8.82. The molecule has 1 aliphatic heterocycles. The molecule has 1 heterocycles. The molecule has 0 bridgehead atoms. The summed E-state index contributed by atoms with van der Waals surface area (Å²) < 4.78 is 0. The minimum absolute atomic E-state index is 0.729. The van der Waals surface area contributed by atoms with Gasteiger partial charge in [0.1, 0.15) is 0 Å². The molecule has 1 saturated heterocycles. The van der Waals surface area contributed by atoms with Crippen molar-refractivity contribution < 1.29 is 0 Å². The Morgan fingerprint density at radius 2 is 1.52 bits per heavy atom. The minimum atomic E-state index is 0.729. The zero-order valence-corrected chi connectivity index (χ0v) is 12.1. The molecule has 1 fully saturated rings. The van der Waals surface area contributed by atoms with Crippen LogP contribution in [0.1, 0.15) is 11.1 Å². The molecule has 3 rings (SSSR count). The van der Waals surface area contributed by atoms with Gasteiger partial charge in [-0.25, -0.2) is 0 Å². The normalized spacial score (nSPS) is 15.7. The van der Waals surface area contributed by atoms with Crippen LogP contribution < -0.4 is 4.90 Å². The van der Waals surface area contributed by atoms with Gasteiger partial charge < -0.3 is 4.90 Å². The summed E-state index contributed by atoms with van der Waals surface area (Å²) in [5.74, 6) is 0. The summed E-state index contributed by atoms with van der Waals surface area (Å²) >= 11 is 0. The van der Waals surface area contributed by atoms with Crippen molar-refractivity contribution in [3.63, 3.8) is 0 Å². The lowest BCUT2D eigenvalue weighted by Crippen LogP contribution is -2.45. The highest BCUT2D eigenvalue weighted by molar-refractivity contribution is 5.46. The molecule has 2 aromatic rings. The Bertz CT molecular complexity index is 605. The molecule has 0 spiro atoms. The molecule has 21 heavy (non-hydrogen) atoms. The topological polar surface area (TPSA) is 30.3 Å². The fraction of sp³-hybridized carbons (Fsp3) is 0.278. The first-order chi connectivity index (χ1) is 10.3. The average molecular weight is 277 g/mol. The first-order valence-corrected chi connectivity index (χ1v) is 7.36. The molecule has 0 aromatic heterocycles. The van der Waals surface area contributed by atoms with Crippen LogP contribution in [0, 0.1) is 11.3 Å². The van der Waals surface area contributed by atoms with E-state index >= 15 is 0 Å². The Morgan fingerprint density at radius 3 is 2.14 bits per heavy atom. The van der Waals surface area contributed by atoms with Crippen LogP contribution in [0.3, 0.4) is 0 Å². The number of nitriles is 1. The lowest BCUT2D eigenvalue weighted by atomic mass is 10.1. The average Bonchev–Trinajstić information content (AvgIpc) is 2.57. The standard InChI is InChI=1S/C18H19N3/c19-14-16-6-8-17(9-7-16)15-20-10-12-21(13-11-20)18-4-2-1-3-5-18/h1-9H,10-13,15H2. The van der Waals surface area contributed by atoms with Crippen molar-refractivity contribution in [1.82, 2.24) is 4.90 Å². The Balaban J connectivity index is 1.55. The number of piperazine rings is 1. The molecule has 0 unspecified atom stereocenters. The summed E-state index contributed by atoms with van der Waals surface area (Å²) in [5.41, 5.74) is 3.32. The Kier molecular flexibility index (Phi) is 4.18. The van der Waals surface area contributed by atoms with Crippen LogP contribution in [0.5, 0.6) is 0 Å². The van der Waals surface area contributed by atoms with Crippen molar-refractivity contribution in [2.24, 2.45) is 0 Å². The highest BCUT2D eigenvalue weighted by Gasteiger charge is 2.16. The van der Waals surface area contributed by atoms with Gasteiger partial charge in [-0.15, -0.1) is 0 Å². The molecular weight excluding hydrogens is 258 g/mol. The number of hydrogen-bond acceptors (Lipinski definition) is 3. The van der Waals surface area contributed by atoms with Gasteiger partial charge in [0, 0.05) is 38.4 Å². The van der Waals surface area contributed by atoms with Crippen LogP contribution in [0.25, 0.3) is 0 Å². The zero-order chi connectivity index (χ0) is 14.5. The summed E-state index contributed by atoms with van der Waals surface area (Å²) in [4.78, 5) is 4.91. The van der Waals surface area contributed by atoms with Crippen LogP contribution in [-0.4, -0.2) is 31.1 Å². The van der Waals surface area contributed by atoms with Gasteiger partial charge in [-0.1, -0.05) is 30.3 Å². The smallest absolute Gasteiger partial charge is 0.0991 e. The van der Waals surface area contributed by atoms with E-state index in [1.54, 1.807) is 0 Å². The van der Waals surface area contributed by atoms with Crippen molar-refractivity contribution in [3.05, 3.63) is 65.7 Å². The van der Waals surface area contributed by atoms with Crippen molar-refractivity contribution in [1.29, 1.82) is 5.26 Å². The van der Waals surface area contributed by atoms with Crippen LogP contribution in [0.2, 0.25) is 0 Å². The van der Waals surface area contributed by atoms with E-state index in [2.05, 4.69) is 58.3 Å². The quantitative estimate of drug-likeness (QED) is 0.864. The van der Waals surface area contributed by atoms with E-state index in [-0.39, 0.29) is 0 Å². The summed E-state index contributed by atoms with van der Waals surface area (Å²) in [7, 11) is 0. The number of benzene rings is 2. The lowest BCUT2D eigenvalue weighted by molar-refractivity contribution is 0.250. The summed E-state index contributed by atoms with van der Waals surface area (Å²) in [6, 6.07) is 20.7. The molecule has 1 aliphatic rings. The molecular formula is C18H19N3. The second-order valence-corrected chi connectivity index (χ2v) is 5.41. The second kappa shape index (κ2) is 6.43. The third-order valence-corrected chi connectivity index (χ3v) is 3.98. The van der Waals surface area contributed by atoms with Crippen molar-refractivity contribution >= 4 is 5.69 Å². The van der Waals surface area contributed by atoms with Gasteiger partial charge in [-0.3, -0.25) is 4.90 Å². The number of nitrogens with zero attached hydrogens (tertiary/aromatic N) is 3. The lowest BCUT2D eigenvalue weighted by Gasteiger charge is -2.36. The predicted molar refractivity (Wildman–Crippen MR) is 85.1 cm³/mol. The van der Waals surface area contributed by atoms with Crippen molar-refractivity contribution in [3.8, 4) is 6.07 Å². The summed E-state index contributed by atoms with van der Waals surface area (Å²) in [5, 5.41) is 8.82. The molecule has 0 N–H and O–H groups in total. The van der Waals surface area contributed by atoms with E-state index in [9.17, 15) is 0 Å². The van der Waals surface area contributed by atoms with Crippen molar-refractivity contribution in [2.45, 2.75) is 6.54 Å². The summed E-state index contributed by atoms with van der Waals surface area (Å²) in [6.45, 7) is 5.26. The van der Waals surface area contributed by atoms with E-state index < -0.39 is 0 Å². The highest BCUT2D eigenvalue weighted by atomic mass is 15.3. The van der Waals surface area contributed by atoms with E-state index in [4.69, 9.17) is 5.26 Å². The van der Waals surface area contributed by atoms with Gasteiger partial charge in [-0.2, -0.15) is 5.26 Å². The predicted octanol–water partition coefficient (Wildman–Crippen LogP) is 2.88. The fourth-order valence-electron chi connectivity index (χ4n) is 2.75. The van der Waals surface area contributed by atoms with Gasteiger partial charge in [0.05, 0.1) is 11.6 Å². The maximum absolute atomic E-state index is 8.82. The first kappa shape index (κ1) is 13.7. The summed E-state index contributed by atoms with van der Waals surface area (Å²) in [6.07, 6.45) is 0. The maximum Gasteiger partial charge on any atom is 0.0991 e. The van der Waals surface area contributed by atoms with E-state index in [0.717, 1.165) is 38.3 Å². The molecule has 0 saturated carbocycles. The SMILES string of the molecule is N#Cc1ccc(CN2CCN(c3ccccc3)CC2)cc1. The number of para-hydroxylation sites is 1. The fourth-order valence-corrected chi connectivity index (χ4v) is 2.75. The molecule has 3 nitrogen and oxygen atoms in total. The largest absolute Gasteiger partial charge is 0.369 e. The van der Waals surface area contributed by atoms with Gasteiger partial charge in [0.15, 0.2) is 0 Å². The number of hydrogen-bond donors (Lipinski definition) is 0. The van der Waals surface area contributed by atoms with Crippen molar-refractivity contribution in [2.75, 3.05) is 31.1 Å². The Morgan fingerprint density at radius 1 is 0.857 bits per heavy atom. The molecule has 3 heteroatoms. The molecule has 0 aliphatic carbocycles. The van der Waals surface area contributed by atoms with Crippen LogP contribution in [-0.2, 0) is 6.54 Å². The molecule has 106 valence electrons. The van der Waals surface area contributed by atoms with Crippen LogP contribution in [0.15, 0.2) is 54.6 Å². The molecule has 0 radical (unpaired) electrons. The molecule has 0 amide bonds. The second-order valence-electron chi connectivity index (χ2n) is 5.41. The zero-order valence-electron chi connectivity index (χ0n) is 12.1. The third-order valence-electron chi connectivity index (χ3n) is 3.98. The van der Waals surface area contributed by atoms with Gasteiger partial charge in [0.2, 0.25) is 0 Å². The first-order valence-electron chi connectivity index (χ1n) is 7.36. The Labute approximate surface area is 126 Å². The van der Waals surface area contributed by atoms with Crippen LogP contribution >= 0.6 is 0 Å². The Hall–Kier alpha value is -2.31. The number of rotatable bonds is 3. The van der Waals surface area contributed by atoms with E-state index in [1.807, 2.05) is 12.1 Å². The highest BCUT2D eigenvalue weighted by Crippen LogP contribution is 2.16. The minimum Gasteiger partial charge on any atom is -0.369 e. The third kappa shape index (κ3) is 3.42. The molecule has 0 atom stereocenters. The van der Waals surface area contributed by atoms with Gasteiger partial charge in [0.25, 0.3) is 0 Å². The number of anilines is 1. The van der Waals surface area contributed by atoms with E-state index in [1.165, 1.54) is 11.3 Å². The molecule has 2 aromatic carbocycles. The van der Waals surface area contributed by atoms with E-state index in [0.29, 0.717) is 0 Å². The monoisotopic (exact) mass is 277 g/mol. The van der Waals surface area contributed by atoms with Gasteiger partial charge >= 0.3 is 0 Å². The van der Waals surface area contributed by atoms with Gasteiger partial charge in [-0.05, 0) is 29.8 Å².